The summed E-state index contributed by atoms with van der Waals surface area (Å²) in [6.45, 7) is 4.60. The van der Waals surface area contributed by atoms with Crippen molar-refractivity contribution in [2.24, 2.45) is 5.73 Å². The van der Waals surface area contributed by atoms with Crippen molar-refractivity contribution in [1.29, 1.82) is 0 Å². The van der Waals surface area contributed by atoms with Crippen molar-refractivity contribution in [1.82, 2.24) is 10.1 Å². The minimum Gasteiger partial charge on any atom is -0.338 e. The molecule has 0 fully saturated rings. The first-order valence-corrected chi connectivity index (χ1v) is 7.00. The largest absolute Gasteiger partial charge is 0.338 e. The Morgan fingerprint density at radius 1 is 1.53 bits per heavy atom. The summed E-state index contributed by atoms with van der Waals surface area (Å²) in [6, 6.07) is 3.94. The van der Waals surface area contributed by atoms with E-state index >= 15 is 0 Å². The van der Waals surface area contributed by atoms with Crippen molar-refractivity contribution in [3.05, 3.63) is 21.8 Å². The van der Waals surface area contributed by atoms with Crippen LogP contribution in [0.1, 0.15) is 26.2 Å². The van der Waals surface area contributed by atoms with Crippen LogP contribution < -0.4 is 5.73 Å². The number of halogens is 1. The highest BCUT2D eigenvalue weighted by Gasteiger charge is 2.30. The Hall–Kier alpha value is -0.720. The van der Waals surface area contributed by atoms with Crippen molar-refractivity contribution >= 4 is 27.3 Å². The predicted octanol–water partition coefficient (Wildman–Crippen LogP) is 3.19. The van der Waals surface area contributed by atoms with Crippen LogP contribution in [0, 0.1) is 0 Å². The molecule has 0 aliphatic heterocycles. The number of nitrogens with zero attached hydrogens (tertiary/aromatic N) is 2. The average molecular weight is 316 g/mol. The first kappa shape index (κ1) is 12.7. The van der Waals surface area contributed by atoms with Gasteiger partial charge in [0.15, 0.2) is 0 Å². The lowest BCUT2D eigenvalue weighted by atomic mass is 9.88. The number of thiophene rings is 1. The summed E-state index contributed by atoms with van der Waals surface area (Å²) in [5.74, 6) is 1.24. The standard InChI is InChI=1S/C11H14BrN3OS/c1-3-11(2,6-13)10-14-9(15-16-10)7-4-5-8(12)17-7/h4-5H,3,6,13H2,1-2H3. The van der Waals surface area contributed by atoms with E-state index in [0.29, 0.717) is 18.3 Å². The van der Waals surface area contributed by atoms with Gasteiger partial charge in [-0.3, -0.25) is 0 Å². The maximum absolute atomic E-state index is 5.77. The quantitative estimate of drug-likeness (QED) is 0.941. The van der Waals surface area contributed by atoms with Crippen LogP contribution in [0.15, 0.2) is 20.4 Å². The third-order valence-corrected chi connectivity index (χ3v) is 4.59. The fraction of sp³-hybridized carbons (Fsp3) is 0.455. The lowest BCUT2D eigenvalue weighted by Gasteiger charge is -2.20. The van der Waals surface area contributed by atoms with Gasteiger partial charge in [0.25, 0.3) is 0 Å². The van der Waals surface area contributed by atoms with Gasteiger partial charge in [0.1, 0.15) is 0 Å². The van der Waals surface area contributed by atoms with Gasteiger partial charge in [0.05, 0.1) is 14.1 Å². The molecule has 17 heavy (non-hydrogen) atoms. The van der Waals surface area contributed by atoms with Gasteiger partial charge in [0, 0.05) is 6.54 Å². The Labute approximate surface area is 112 Å². The van der Waals surface area contributed by atoms with Crippen LogP contribution in [0.4, 0.5) is 0 Å². The van der Waals surface area contributed by atoms with Crippen LogP contribution in [0.2, 0.25) is 0 Å². The number of hydrogen-bond donors (Lipinski definition) is 1. The van der Waals surface area contributed by atoms with Gasteiger partial charge in [-0.25, -0.2) is 0 Å². The third kappa shape index (κ3) is 2.43. The molecule has 2 aromatic rings. The molecule has 0 aromatic carbocycles. The molecule has 0 spiro atoms. The normalized spacial score (nSPS) is 14.8. The maximum atomic E-state index is 5.77. The molecule has 0 radical (unpaired) electrons. The van der Waals surface area contributed by atoms with Gasteiger partial charge in [-0.05, 0) is 41.4 Å². The van der Waals surface area contributed by atoms with Gasteiger partial charge in [0.2, 0.25) is 11.7 Å². The smallest absolute Gasteiger partial charge is 0.234 e. The fourth-order valence-electron chi connectivity index (χ4n) is 1.39. The Bertz CT molecular complexity index is 504. The molecule has 0 saturated heterocycles. The van der Waals surface area contributed by atoms with E-state index in [2.05, 4.69) is 33.0 Å². The molecule has 2 aromatic heterocycles. The van der Waals surface area contributed by atoms with E-state index in [9.17, 15) is 0 Å². The molecule has 1 atom stereocenters. The molecule has 2 rings (SSSR count). The Morgan fingerprint density at radius 3 is 2.82 bits per heavy atom. The molecule has 1 unspecified atom stereocenters. The minimum atomic E-state index is -0.236. The zero-order chi connectivity index (χ0) is 12.5. The SMILES string of the molecule is CCC(C)(CN)c1nc(-c2ccc(Br)s2)no1. The van der Waals surface area contributed by atoms with E-state index in [-0.39, 0.29) is 5.41 Å². The number of rotatable bonds is 4. The topological polar surface area (TPSA) is 64.9 Å². The molecule has 4 nitrogen and oxygen atoms in total. The van der Waals surface area contributed by atoms with Gasteiger partial charge >= 0.3 is 0 Å². The second-order valence-electron chi connectivity index (χ2n) is 4.15. The van der Waals surface area contributed by atoms with Crippen molar-refractivity contribution in [3.63, 3.8) is 0 Å². The second kappa shape index (κ2) is 4.88. The molecule has 92 valence electrons. The molecule has 0 bridgehead atoms. The zero-order valence-electron chi connectivity index (χ0n) is 9.74. The first-order valence-electron chi connectivity index (χ1n) is 5.39. The lowest BCUT2D eigenvalue weighted by Crippen LogP contribution is -2.31. The van der Waals surface area contributed by atoms with Crippen LogP contribution in [0.5, 0.6) is 0 Å². The van der Waals surface area contributed by atoms with Crippen molar-refractivity contribution in [2.75, 3.05) is 6.54 Å². The number of aromatic nitrogens is 2. The van der Waals surface area contributed by atoms with Crippen LogP contribution in [0.25, 0.3) is 10.7 Å². The van der Waals surface area contributed by atoms with E-state index in [1.54, 1.807) is 11.3 Å². The van der Waals surface area contributed by atoms with Gasteiger partial charge in [-0.15, -0.1) is 11.3 Å². The van der Waals surface area contributed by atoms with E-state index < -0.39 is 0 Å². The van der Waals surface area contributed by atoms with Gasteiger partial charge in [-0.1, -0.05) is 12.1 Å². The van der Waals surface area contributed by atoms with Crippen LogP contribution >= 0.6 is 27.3 Å². The average Bonchev–Trinajstić information content (AvgIpc) is 2.96. The Balaban J connectivity index is 2.33. The fourth-order valence-corrected chi connectivity index (χ4v) is 2.70. The molecule has 0 aliphatic rings. The summed E-state index contributed by atoms with van der Waals surface area (Å²) < 4.78 is 6.38. The van der Waals surface area contributed by atoms with Crippen LogP contribution in [0.3, 0.4) is 0 Å². The van der Waals surface area contributed by atoms with Crippen molar-refractivity contribution < 1.29 is 4.52 Å². The molecule has 0 aliphatic carbocycles. The predicted molar refractivity (Wildman–Crippen MR) is 72.0 cm³/mol. The molecule has 6 heteroatoms. The Kier molecular flexibility index (Phi) is 3.65. The zero-order valence-corrected chi connectivity index (χ0v) is 12.1. The summed E-state index contributed by atoms with van der Waals surface area (Å²) in [5.41, 5.74) is 5.53. The monoisotopic (exact) mass is 315 g/mol. The van der Waals surface area contributed by atoms with E-state index in [1.807, 2.05) is 19.1 Å². The second-order valence-corrected chi connectivity index (χ2v) is 6.61. The molecule has 0 amide bonds. The summed E-state index contributed by atoms with van der Waals surface area (Å²) in [6.07, 6.45) is 0.874. The lowest BCUT2D eigenvalue weighted by molar-refractivity contribution is 0.291. The van der Waals surface area contributed by atoms with Crippen molar-refractivity contribution in [3.8, 4) is 10.7 Å². The molecule has 0 saturated carbocycles. The molecular weight excluding hydrogens is 302 g/mol. The van der Waals surface area contributed by atoms with Crippen LogP contribution in [-0.2, 0) is 5.41 Å². The third-order valence-electron chi connectivity index (χ3n) is 2.97. The van der Waals surface area contributed by atoms with Gasteiger partial charge < -0.3 is 10.3 Å². The summed E-state index contributed by atoms with van der Waals surface area (Å²) in [4.78, 5) is 5.43. The summed E-state index contributed by atoms with van der Waals surface area (Å²) in [7, 11) is 0. The minimum absolute atomic E-state index is 0.236. The van der Waals surface area contributed by atoms with Crippen molar-refractivity contribution in [2.45, 2.75) is 25.7 Å². The summed E-state index contributed by atoms with van der Waals surface area (Å²) in [5, 5.41) is 4.01. The molecular formula is C11H14BrN3OS. The highest BCUT2D eigenvalue weighted by molar-refractivity contribution is 9.11. The summed E-state index contributed by atoms with van der Waals surface area (Å²) >= 11 is 5.00. The highest BCUT2D eigenvalue weighted by atomic mass is 79.9. The highest BCUT2D eigenvalue weighted by Crippen LogP contribution is 2.31. The first-order chi connectivity index (χ1) is 8.09. The number of nitrogens with two attached hydrogens (primary N) is 1. The van der Waals surface area contributed by atoms with Crippen LogP contribution in [-0.4, -0.2) is 16.7 Å². The van der Waals surface area contributed by atoms with Gasteiger partial charge in [-0.2, -0.15) is 4.98 Å². The van der Waals surface area contributed by atoms with E-state index in [1.165, 1.54) is 0 Å². The van der Waals surface area contributed by atoms with E-state index in [0.717, 1.165) is 15.1 Å². The Morgan fingerprint density at radius 2 is 2.29 bits per heavy atom. The maximum Gasteiger partial charge on any atom is 0.234 e. The molecule has 2 N–H and O–H groups in total. The molecule has 2 heterocycles. The number of hydrogen-bond acceptors (Lipinski definition) is 5. The van der Waals surface area contributed by atoms with E-state index in [4.69, 9.17) is 10.3 Å².